The summed E-state index contributed by atoms with van der Waals surface area (Å²) in [6.07, 6.45) is 4.93. The van der Waals surface area contributed by atoms with E-state index in [4.69, 9.17) is 4.74 Å². The third-order valence-corrected chi connectivity index (χ3v) is 3.46. The van der Waals surface area contributed by atoms with E-state index >= 15 is 0 Å². The molecule has 0 saturated carbocycles. The highest BCUT2D eigenvalue weighted by Gasteiger charge is 2.26. The Hall–Kier alpha value is -2.63. The third kappa shape index (κ3) is 2.79. The number of amides is 1. The van der Waals surface area contributed by atoms with Crippen molar-refractivity contribution in [2.24, 2.45) is 0 Å². The van der Waals surface area contributed by atoms with E-state index in [9.17, 15) is 4.79 Å². The zero-order chi connectivity index (χ0) is 14.7. The Labute approximate surface area is 123 Å². The number of hydrogen-bond acceptors (Lipinski definition) is 5. The van der Waals surface area contributed by atoms with Crippen molar-refractivity contribution >= 4 is 17.4 Å². The maximum atomic E-state index is 12.4. The Kier molecular flexibility index (Phi) is 3.68. The van der Waals surface area contributed by atoms with E-state index < -0.39 is 0 Å². The summed E-state index contributed by atoms with van der Waals surface area (Å²) >= 11 is 0. The lowest BCUT2D eigenvalue weighted by Gasteiger charge is -2.34. The van der Waals surface area contributed by atoms with Crippen LogP contribution in [0.15, 0.2) is 42.9 Å². The number of anilines is 2. The molecule has 21 heavy (non-hydrogen) atoms. The van der Waals surface area contributed by atoms with Crippen molar-refractivity contribution in [2.45, 2.75) is 0 Å². The minimum absolute atomic E-state index is 0.0418. The summed E-state index contributed by atoms with van der Waals surface area (Å²) in [6, 6.07) is 7.54. The molecule has 0 N–H and O–H groups in total. The highest BCUT2D eigenvalue weighted by Crippen LogP contribution is 2.23. The number of ether oxygens (including phenoxy) is 1. The summed E-state index contributed by atoms with van der Waals surface area (Å²) < 4.78 is 5.20. The molecule has 1 aliphatic heterocycles. The van der Waals surface area contributed by atoms with Gasteiger partial charge >= 0.3 is 0 Å². The summed E-state index contributed by atoms with van der Waals surface area (Å²) in [5, 5.41) is 0. The average Bonchev–Trinajstić information content (AvgIpc) is 2.55. The normalized spacial score (nSPS) is 15.2. The molecule has 1 saturated heterocycles. The quantitative estimate of drug-likeness (QED) is 0.851. The first-order chi connectivity index (χ1) is 10.3. The van der Waals surface area contributed by atoms with Crippen molar-refractivity contribution in [2.75, 3.05) is 36.5 Å². The monoisotopic (exact) mass is 284 g/mol. The van der Waals surface area contributed by atoms with Crippen LogP contribution in [0.25, 0.3) is 0 Å². The van der Waals surface area contributed by atoms with Gasteiger partial charge in [-0.1, -0.05) is 6.07 Å². The Balaban J connectivity index is 1.75. The van der Waals surface area contributed by atoms with Gasteiger partial charge in [0.25, 0.3) is 0 Å². The maximum Gasteiger partial charge on any atom is 0.246 e. The molecule has 108 valence electrons. The molecule has 6 nitrogen and oxygen atoms in total. The van der Waals surface area contributed by atoms with Crippen LogP contribution in [-0.2, 0) is 4.79 Å². The van der Waals surface area contributed by atoms with Crippen LogP contribution >= 0.6 is 0 Å². The van der Waals surface area contributed by atoms with Crippen LogP contribution in [0.3, 0.4) is 0 Å². The zero-order valence-corrected chi connectivity index (χ0v) is 11.8. The van der Waals surface area contributed by atoms with Crippen molar-refractivity contribution in [1.82, 2.24) is 9.97 Å². The molecule has 0 spiro atoms. The van der Waals surface area contributed by atoms with E-state index in [0.717, 1.165) is 23.8 Å². The van der Waals surface area contributed by atoms with Gasteiger partial charge in [-0.05, 0) is 12.1 Å². The third-order valence-electron chi connectivity index (χ3n) is 3.46. The molecule has 1 amide bonds. The molecule has 2 heterocycles. The van der Waals surface area contributed by atoms with Gasteiger partial charge in [-0.2, -0.15) is 0 Å². The molecule has 0 radical (unpaired) electrons. The first kappa shape index (κ1) is 13.4. The summed E-state index contributed by atoms with van der Waals surface area (Å²) in [6.45, 7) is 1.64. The summed E-state index contributed by atoms with van der Waals surface area (Å²) in [5.41, 5.74) is 0.859. The van der Waals surface area contributed by atoms with Crippen LogP contribution in [0, 0.1) is 0 Å². The minimum Gasteiger partial charge on any atom is -0.497 e. The molecule has 0 atom stereocenters. The van der Waals surface area contributed by atoms with Crippen LogP contribution < -0.4 is 14.5 Å². The number of rotatable bonds is 3. The van der Waals surface area contributed by atoms with Crippen molar-refractivity contribution in [1.29, 1.82) is 0 Å². The number of nitrogens with zero attached hydrogens (tertiary/aromatic N) is 4. The molecule has 1 aromatic heterocycles. The minimum atomic E-state index is 0.0418. The highest BCUT2D eigenvalue weighted by atomic mass is 16.5. The van der Waals surface area contributed by atoms with E-state index in [-0.39, 0.29) is 5.91 Å². The number of hydrogen-bond donors (Lipinski definition) is 0. The Bertz CT molecular complexity index is 633. The number of aromatic nitrogens is 2. The molecule has 1 aliphatic rings. The van der Waals surface area contributed by atoms with Crippen LogP contribution in [0.1, 0.15) is 0 Å². The van der Waals surface area contributed by atoms with Gasteiger partial charge in [-0.3, -0.25) is 9.78 Å². The smallest absolute Gasteiger partial charge is 0.246 e. The van der Waals surface area contributed by atoms with Crippen molar-refractivity contribution in [3.63, 3.8) is 0 Å². The highest BCUT2D eigenvalue weighted by molar-refractivity contribution is 5.97. The molecular formula is C15H16N4O2. The molecule has 1 fully saturated rings. The topological polar surface area (TPSA) is 58.6 Å². The lowest BCUT2D eigenvalue weighted by molar-refractivity contribution is -0.117. The standard InChI is InChI=1S/C15H16N4O2/c1-21-13-4-2-3-12(9-13)19-8-7-18(11-15(19)20)14-10-16-5-6-17-14/h2-6,9-10H,7-8,11H2,1H3. The average molecular weight is 284 g/mol. The fourth-order valence-corrected chi connectivity index (χ4v) is 2.37. The van der Waals surface area contributed by atoms with Crippen LogP contribution in [0.5, 0.6) is 5.75 Å². The molecule has 2 aromatic rings. The molecule has 0 aliphatic carbocycles. The Morgan fingerprint density at radius 3 is 2.86 bits per heavy atom. The second-order valence-electron chi connectivity index (χ2n) is 4.73. The van der Waals surface area contributed by atoms with Gasteiger partial charge in [0, 0.05) is 37.2 Å². The molecule has 1 aromatic carbocycles. The van der Waals surface area contributed by atoms with Crippen molar-refractivity contribution < 1.29 is 9.53 Å². The van der Waals surface area contributed by atoms with Crippen molar-refractivity contribution in [3.8, 4) is 5.75 Å². The summed E-state index contributed by atoms with van der Waals surface area (Å²) in [5.74, 6) is 1.52. The Morgan fingerprint density at radius 2 is 2.14 bits per heavy atom. The Morgan fingerprint density at radius 1 is 1.24 bits per heavy atom. The number of carbonyl (C=O) groups excluding carboxylic acids is 1. The van der Waals surface area contributed by atoms with E-state index in [2.05, 4.69) is 9.97 Å². The van der Waals surface area contributed by atoms with Gasteiger partial charge in [-0.15, -0.1) is 0 Å². The summed E-state index contributed by atoms with van der Waals surface area (Å²) in [4.78, 5) is 24.4. The van der Waals surface area contributed by atoms with E-state index in [1.165, 1.54) is 0 Å². The van der Waals surface area contributed by atoms with E-state index in [0.29, 0.717) is 13.1 Å². The number of benzene rings is 1. The van der Waals surface area contributed by atoms with Gasteiger partial charge in [0.15, 0.2) is 0 Å². The maximum absolute atomic E-state index is 12.4. The largest absolute Gasteiger partial charge is 0.497 e. The van der Waals surface area contributed by atoms with Crippen LogP contribution in [0.2, 0.25) is 0 Å². The first-order valence-corrected chi connectivity index (χ1v) is 6.73. The molecule has 0 unspecified atom stereocenters. The number of methoxy groups -OCH3 is 1. The van der Waals surface area contributed by atoms with Gasteiger partial charge < -0.3 is 14.5 Å². The molecule has 3 rings (SSSR count). The van der Waals surface area contributed by atoms with Gasteiger partial charge in [0.2, 0.25) is 5.91 Å². The fraction of sp³-hybridized carbons (Fsp3) is 0.267. The van der Waals surface area contributed by atoms with Crippen molar-refractivity contribution in [3.05, 3.63) is 42.9 Å². The molecule has 6 heteroatoms. The fourth-order valence-electron chi connectivity index (χ4n) is 2.37. The summed E-state index contributed by atoms with van der Waals surface area (Å²) in [7, 11) is 1.62. The zero-order valence-electron chi connectivity index (χ0n) is 11.8. The second kappa shape index (κ2) is 5.78. The predicted octanol–water partition coefficient (Wildman–Crippen LogP) is 1.34. The van der Waals surface area contributed by atoms with E-state index in [1.807, 2.05) is 29.2 Å². The lowest BCUT2D eigenvalue weighted by atomic mass is 10.2. The number of carbonyl (C=O) groups is 1. The number of piperazine rings is 1. The van der Waals surface area contributed by atoms with Crippen LogP contribution in [-0.4, -0.2) is 42.6 Å². The molecular weight excluding hydrogens is 268 g/mol. The van der Waals surface area contributed by atoms with E-state index in [1.54, 1.807) is 30.6 Å². The molecule has 0 bridgehead atoms. The van der Waals surface area contributed by atoms with Gasteiger partial charge in [-0.25, -0.2) is 4.98 Å². The SMILES string of the molecule is COc1cccc(N2CCN(c3cnccn3)CC2=O)c1. The van der Waals surface area contributed by atoms with Crippen LogP contribution in [0.4, 0.5) is 11.5 Å². The lowest BCUT2D eigenvalue weighted by Crippen LogP contribution is -2.50. The first-order valence-electron chi connectivity index (χ1n) is 6.73. The predicted molar refractivity (Wildman–Crippen MR) is 79.6 cm³/mol. The van der Waals surface area contributed by atoms with Gasteiger partial charge in [0.05, 0.1) is 19.9 Å². The van der Waals surface area contributed by atoms with Gasteiger partial charge in [0.1, 0.15) is 11.6 Å². The second-order valence-corrected chi connectivity index (χ2v) is 4.73.